The highest BCUT2D eigenvalue weighted by Gasteiger charge is 2.26. The van der Waals surface area contributed by atoms with Gasteiger partial charge in [-0.1, -0.05) is 0 Å². The lowest BCUT2D eigenvalue weighted by Crippen LogP contribution is -2.42. The SMILES string of the molecule is CC(C)Oc1ncccc1NC(=O)CN1CCCCC(O)C1=O. The molecule has 1 unspecified atom stereocenters. The second-order valence-corrected chi connectivity index (χ2v) is 5.84. The van der Waals surface area contributed by atoms with Crippen LogP contribution in [0.5, 0.6) is 5.88 Å². The van der Waals surface area contributed by atoms with Gasteiger partial charge >= 0.3 is 0 Å². The van der Waals surface area contributed by atoms with Gasteiger partial charge in [-0.25, -0.2) is 4.98 Å². The average molecular weight is 321 g/mol. The summed E-state index contributed by atoms with van der Waals surface area (Å²) >= 11 is 0. The molecule has 1 aliphatic rings. The Balaban J connectivity index is 2.00. The van der Waals surface area contributed by atoms with Crippen molar-refractivity contribution in [1.82, 2.24) is 9.88 Å². The number of nitrogens with one attached hydrogen (secondary N) is 1. The monoisotopic (exact) mass is 321 g/mol. The molecule has 0 saturated carbocycles. The fraction of sp³-hybridized carbons (Fsp3) is 0.562. The zero-order chi connectivity index (χ0) is 16.8. The number of hydrogen-bond acceptors (Lipinski definition) is 5. The van der Waals surface area contributed by atoms with Gasteiger partial charge in [0.05, 0.1) is 12.6 Å². The van der Waals surface area contributed by atoms with Crippen LogP contribution in [0.25, 0.3) is 0 Å². The number of nitrogens with zero attached hydrogens (tertiary/aromatic N) is 2. The molecular formula is C16H23N3O4. The first-order chi connectivity index (χ1) is 11.0. The van der Waals surface area contributed by atoms with Crippen molar-refractivity contribution in [2.75, 3.05) is 18.4 Å². The summed E-state index contributed by atoms with van der Waals surface area (Å²) in [4.78, 5) is 29.7. The molecule has 2 heterocycles. The summed E-state index contributed by atoms with van der Waals surface area (Å²) in [7, 11) is 0. The van der Waals surface area contributed by atoms with Gasteiger partial charge in [0.25, 0.3) is 5.91 Å². The lowest BCUT2D eigenvalue weighted by Gasteiger charge is -2.22. The maximum absolute atomic E-state index is 12.2. The quantitative estimate of drug-likeness (QED) is 0.850. The number of ether oxygens (including phenoxy) is 1. The summed E-state index contributed by atoms with van der Waals surface area (Å²) in [6.07, 6.45) is 2.52. The van der Waals surface area contributed by atoms with Crippen molar-refractivity contribution in [3.8, 4) is 5.88 Å². The number of aromatic nitrogens is 1. The van der Waals surface area contributed by atoms with Crippen LogP contribution < -0.4 is 10.1 Å². The van der Waals surface area contributed by atoms with E-state index in [0.29, 0.717) is 24.5 Å². The van der Waals surface area contributed by atoms with E-state index >= 15 is 0 Å². The van der Waals surface area contributed by atoms with E-state index in [-0.39, 0.29) is 24.5 Å². The van der Waals surface area contributed by atoms with Crippen LogP contribution in [0.4, 0.5) is 5.69 Å². The van der Waals surface area contributed by atoms with E-state index in [4.69, 9.17) is 4.74 Å². The third kappa shape index (κ3) is 4.92. The summed E-state index contributed by atoms with van der Waals surface area (Å²) in [6, 6.07) is 3.39. The molecule has 1 aliphatic heterocycles. The summed E-state index contributed by atoms with van der Waals surface area (Å²) in [6.45, 7) is 4.13. The maximum atomic E-state index is 12.2. The van der Waals surface area contributed by atoms with Crippen LogP contribution in [-0.2, 0) is 9.59 Å². The number of carbonyl (C=O) groups is 2. The molecule has 0 radical (unpaired) electrons. The number of hydrogen-bond donors (Lipinski definition) is 2. The van der Waals surface area contributed by atoms with Crippen LogP contribution in [0.3, 0.4) is 0 Å². The molecule has 2 rings (SSSR count). The molecular weight excluding hydrogens is 298 g/mol. The normalized spacial score (nSPS) is 18.7. The van der Waals surface area contributed by atoms with E-state index in [1.807, 2.05) is 13.8 Å². The predicted octanol–water partition coefficient (Wildman–Crippen LogP) is 1.18. The molecule has 2 amide bonds. The number of carbonyl (C=O) groups excluding carboxylic acids is 2. The number of pyridine rings is 1. The molecule has 7 nitrogen and oxygen atoms in total. The first-order valence-electron chi connectivity index (χ1n) is 7.85. The van der Waals surface area contributed by atoms with Crippen molar-refractivity contribution < 1.29 is 19.4 Å². The van der Waals surface area contributed by atoms with Gasteiger partial charge in [0.1, 0.15) is 11.8 Å². The molecule has 0 bridgehead atoms. The minimum Gasteiger partial charge on any atom is -0.473 e. The Morgan fingerprint density at radius 1 is 1.52 bits per heavy atom. The number of anilines is 1. The first kappa shape index (κ1) is 17.2. The Morgan fingerprint density at radius 2 is 2.30 bits per heavy atom. The van der Waals surface area contributed by atoms with E-state index < -0.39 is 6.10 Å². The van der Waals surface area contributed by atoms with Crippen LogP contribution in [0.1, 0.15) is 33.1 Å². The fourth-order valence-corrected chi connectivity index (χ4v) is 2.41. The van der Waals surface area contributed by atoms with E-state index in [2.05, 4.69) is 10.3 Å². The van der Waals surface area contributed by atoms with Crippen LogP contribution >= 0.6 is 0 Å². The minimum atomic E-state index is -1.01. The second kappa shape index (κ2) is 7.92. The summed E-state index contributed by atoms with van der Waals surface area (Å²) in [5, 5.41) is 12.4. The maximum Gasteiger partial charge on any atom is 0.251 e. The van der Waals surface area contributed by atoms with Gasteiger partial charge in [0, 0.05) is 12.7 Å². The van der Waals surface area contributed by atoms with Gasteiger partial charge in [0.2, 0.25) is 11.8 Å². The van der Waals surface area contributed by atoms with Crippen molar-refractivity contribution in [3.63, 3.8) is 0 Å². The average Bonchev–Trinajstić information content (AvgIpc) is 2.64. The molecule has 1 fully saturated rings. The molecule has 7 heteroatoms. The van der Waals surface area contributed by atoms with Gasteiger partial charge in [-0.15, -0.1) is 0 Å². The topological polar surface area (TPSA) is 91.8 Å². The lowest BCUT2D eigenvalue weighted by molar-refractivity contribution is -0.141. The van der Waals surface area contributed by atoms with Gasteiger partial charge in [0.15, 0.2) is 0 Å². The highest BCUT2D eigenvalue weighted by atomic mass is 16.5. The van der Waals surface area contributed by atoms with E-state index in [1.54, 1.807) is 18.3 Å². The Hall–Kier alpha value is -2.15. The molecule has 0 aliphatic carbocycles. The van der Waals surface area contributed by atoms with E-state index in [1.165, 1.54) is 4.90 Å². The molecule has 1 aromatic rings. The van der Waals surface area contributed by atoms with Crippen molar-refractivity contribution in [3.05, 3.63) is 18.3 Å². The summed E-state index contributed by atoms with van der Waals surface area (Å²) < 4.78 is 5.55. The van der Waals surface area contributed by atoms with E-state index in [9.17, 15) is 14.7 Å². The molecule has 126 valence electrons. The minimum absolute atomic E-state index is 0.0668. The molecule has 2 N–H and O–H groups in total. The molecule has 0 aromatic carbocycles. The predicted molar refractivity (Wildman–Crippen MR) is 85.1 cm³/mol. The number of aliphatic hydroxyl groups excluding tert-OH is 1. The standard InChI is InChI=1S/C16H23N3O4/c1-11(2)23-15-12(6-5-8-17-15)18-14(21)10-19-9-4-3-7-13(20)16(19)22/h5-6,8,11,13,20H,3-4,7,9-10H2,1-2H3,(H,18,21). The molecule has 1 saturated heterocycles. The third-order valence-corrected chi connectivity index (χ3v) is 3.48. The smallest absolute Gasteiger partial charge is 0.251 e. The molecule has 23 heavy (non-hydrogen) atoms. The van der Waals surface area contributed by atoms with E-state index in [0.717, 1.165) is 12.8 Å². The fourth-order valence-electron chi connectivity index (χ4n) is 2.41. The van der Waals surface area contributed by atoms with Crippen molar-refractivity contribution in [1.29, 1.82) is 0 Å². The zero-order valence-electron chi connectivity index (χ0n) is 13.5. The highest BCUT2D eigenvalue weighted by Crippen LogP contribution is 2.22. The van der Waals surface area contributed by atoms with Crippen molar-refractivity contribution in [2.45, 2.75) is 45.3 Å². The molecule has 0 spiro atoms. The van der Waals surface area contributed by atoms with Crippen LogP contribution in [0.2, 0.25) is 0 Å². The van der Waals surface area contributed by atoms with Gasteiger partial charge in [-0.3, -0.25) is 9.59 Å². The second-order valence-electron chi connectivity index (χ2n) is 5.84. The Kier molecular flexibility index (Phi) is 5.92. The van der Waals surface area contributed by atoms with Crippen molar-refractivity contribution in [2.24, 2.45) is 0 Å². The van der Waals surface area contributed by atoms with Crippen LogP contribution in [-0.4, -0.2) is 52.1 Å². The number of rotatable bonds is 5. The van der Waals surface area contributed by atoms with Crippen LogP contribution in [0, 0.1) is 0 Å². The van der Waals surface area contributed by atoms with Gasteiger partial charge in [-0.05, 0) is 45.2 Å². The van der Waals surface area contributed by atoms with Crippen molar-refractivity contribution >= 4 is 17.5 Å². The Bertz CT molecular complexity index is 562. The van der Waals surface area contributed by atoms with Crippen LogP contribution in [0.15, 0.2) is 18.3 Å². The number of likely N-dealkylation sites (tertiary alicyclic amines) is 1. The van der Waals surface area contributed by atoms with Gasteiger partial charge < -0.3 is 20.1 Å². The third-order valence-electron chi connectivity index (χ3n) is 3.48. The summed E-state index contributed by atoms with van der Waals surface area (Å²) in [5.74, 6) is -0.380. The number of amides is 2. The molecule has 1 aromatic heterocycles. The highest BCUT2D eigenvalue weighted by molar-refractivity contribution is 5.96. The summed E-state index contributed by atoms with van der Waals surface area (Å²) in [5.41, 5.74) is 0.467. The van der Waals surface area contributed by atoms with Gasteiger partial charge in [-0.2, -0.15) is 0 Å². The zero-order valence-corrected chi connectivity index (χ0v) is 13.5. The Labute approximate surface area is 135 Å². The Morgan fingerprint density at radius 3 is 3.04 bits per heavy atom. The number of aliphatic hydroxyl groups is 1. The largest absolute Gasteiger partial charge is 0.473 e. The lowest BCUT2D eigenvalue weighted by atomic mass is 10.2. The molecule has 1 atom stereocenters. The first-order valence-corrected chi connectivity index (χ1v) is 7.85.